The van der Waals surface area contributed by atoms with Crippen LogP contribution in [-0.4, -0.2) is 58.5 Å². The Morgan fingerprint density at radius 1 is 1.45 bits per heavy atom. The molecule has 0 atom stereocenters. The van der Waals surface area contributed by atoms with E-state index >= 15 is 0 Å². The van der Waals surface area contributed by atoms with Crippen LogP contribution in [0.4, 0.5) is 4.39 Å². The first kappa shape index (κ1) is 15.6. The van der Waals surface area contributed by atoms with Crippen molar-refractivity contribution in [3.05, 3.63) is 23.0 Å². The van der Waals surface area contributed by atoms with Crippen molar-refractivity contribution in [1.82, 2.24) is 4.90 Å². The normalized spacial score (nSPS) is 15.7. The van der Waals surface area contributed by atoms with Crippen molar-refractivity contribution in [3.8, 4) is 0 Å². The molecular formula is C11H13FN2O6. The molecule has 0 aromatic heterocycles. The average Bonchev–Trinajstić information content (AvgIpc) is 2.42. The van der Waals surface area contributed by atoms with Crippen LogP contribution in [0.2, 0.25) is 0 Å². The van der Waals surface area contributed by atoms with Gasteiger partial charge in [-0.25, -0.2) is 14.0 Å². The monoisotopic (exact) mass is 288 g/mol. The van der Waals surface area contributed by atoms with Gasteiger partial charge in [-0.15, -0.1) is 0 Å². The predicted molar refractivity (Wildman–Crippen MR) is 63.9 cm³/mol. The summed E-state index contributed by atoms with van der Waals surface area (Å²) < 4.78 is 17.9. The molecule has 0 saturated carbocycles. The van der Waals surface area contributed by atoms with Crippen molar-refractivity contribution in [2.45, 2.75) is 6.42 Å². The van der Waals surface area contributed by atoms with Gasteiger partial charge in [-0.2, -0.15) is 0 Å². The number of halogens is 1. The summed E-state index contributed by atoms with van der Waals surface area (Å²) in [7, 11) is 0. The molecule has 8 nitrogen and oxygen atoms in total. The molecule has 0 unspecified atom stereocenters. The number of nitrogens with zero attached hydrogens (tertiary/aromatic N) is 2. The van der Waals surface area contributed by atoms with E-state index in [0.717, 1.165) is 17.3 Å². The Balaban J connectivity index is 2.96. The van der Waals surface area contributed by atoms with Crippen LogP contribution < -0.4 is 0 Å². The molecule has 0 radical (unpaired) electrons. The first-order valence-electron chi connectivity index (χ1n) is 5.46. The SMILES string of the molecule is O=C(O)C1=CN(CF)C(COCC=NO)=C(C(=O)O)C1. The highest BCUT2D eigenvalue weighted by molar-refractivity contribution is 5.94. The molecule has 0 aromatic rings. The Hall–Kier alpha value is -2.42. The lowest BCUT2D eigenvalue weighted by atomic mass is 10.0. The van der Waals surface area contributed by atoms with Gasteiger partial charge in [0, 0.05) is 12.6 Å². The molecule has 0 fully saturated rings. The number of hydrogen-bond acceptors (Lipinski definition) is 6. The molecule has 20 heavy (non-hydrogen) atoms. The van der Waals surface area contributed by atoms with E-state index in [4.69, 9.17) is 20.2 Å². The van der Waals surface area contributed by atoms with Gasteiger partial charge in [-0.3, -0.25) is 0 Å². The van der Waals surface area contributed by atoms with Gasteiger partial charge < -0.3 is 25.1 Å². The van der Waals surface area contributed by atoms with E-state index in [9.17, 15) is 14.0 Å². The molecule has 0 aliphatic carbocycles. The number of carboxylic acids is 2. The quantitative estimate of drug-likeness (QED) is 0.204. The fourth-order valence-corrected chi connectivity index (χ4v) is 1.63. The maximum absolute atomic E-state index is 12.9. The molecule has 0 saturated heterocycles. The Labute approximate surface area is 113 Å². The summed E-state index contributed by atoms with van der Waals surface area (Å²) >= 11 is 0. The third-order valence-corrected chi connectivity index (χ3v) is 2.55. The smallest absolute Gasteiger partial charge is 0.333 e. The van der Waals surface area contributed by atoms with Gasteiger partial charge in [0.25, 0.3) is 0 Å². The van der Waals surface area contributed by atoms with Crippen molar-refractivity contribution in [2.75, 3.05) is 20.0 Å². The highest BCUT2D eigenvalue weighted by Gasteiger charge is 2.27. The minimum atomic E-state index is -1.34. The van der Waals surface area contributed by atoms with Crippen LogP contribution in [0.1, 0.15) is 6.42 Å². The van der Waals surface area contributed by atoms with Gasteiger partial charge in [0.2, 0.25) is 0 Å². The molecule has 0 spiro atoms. The molecule has 1 heterocycles. The maximum Gasteiger partial charge on any atom is 0.333 e. The van der Waals surface area contributed by atoms with Crippen LogP contribution in [0.25, 0.3) is 0 Å². The van der Waals surface area contributed by atoms with Crippen LogP contribution in [0.3, 0.4) is 0 Å². The van der Waals surface area contributed by atoms with Crippen LogP contribution in [0.5, 0.6) is 0 Å². The number of ether oxygens (including phenoxy) is 1. The maximum atomic E-state index is 12.9. The summed E-state index contributed by atoms with van der Waals surface area (Å²) in [4.78, 5) is 22.9. The lowest BCUT2D eigenvalue weighted by Gasteiger charge is -2.27. The van der Waals surface area contributed by atoms with E-state index in [1.54, 1.807) is 0 Å². The third-order valence-electron chi connectivity index (χ3n) is 2.55. The summed E-state index contributed by atoms with van der Waals surface area (Å²) in [5, 5.41) is 28.8. The Morgan fingerprint density at radius 3 is 2.65 bits per heavy atom. The van der Waals surface area contributed by atoms with Gasteiger partial charge in [0.15, 0.2) is 6.80 Å². The number of oxime groups is 1. The summed E-state index contributed by atoms with van der Waals surface area (Å²) in [5.74, 6) is -2.65. The van der Waals surface area contributed by atoms with Gasteiger partial charge in [0.1, 0.15) is 0 Å². The molecule has 3 N–H and O–H groups in total. The zero-order valence-electron chi connectivity index (χ0n) is 10.3. The molecule has 110 valence electrons. The molecule has 0 bridgehead atoms. The summed E-state index contributed by atoms with van der Waals surface area (Å²) in [6, 6.07) is 0. The Kier molecular flexibility index (Phi) is 5.66. The predicted octanol–water partition coefficient (Wildman–Crippen LogP) is 0.403. The lowest BCUT2D eigenvalue weighted by molar-refractivity contribution is -0.133. The van der Waals surface area contributed by atoms with Crippen molar-refractivity contribution >= 4 is 18.2 Å². The van der Waals surface area contributed by atoms with Crippen LogP contribution in [-0.2, 0) is 14.3 Å². The van der Waals surface area contributed by atoms with Crippen LogP contribution in [0, 0.1) is 0 Å². The number of carbonyl (C=O) groups is 2. The average molecular weight is 288 g/mol. The fraction of sp³-hybridized carbons (Fsp3) is 0.364. The van der Waals surface area contributed by atoms with E-state index in [-0.39, 0.29) is 36.5 Å². The Bertz CT molecular complexity index is 485. The molecule has 9 heteroatoms. The van der Waals surface area contributed by atoms with Crippen LogP contribution in [0.15, 0.2) is 28.2 Å². The summed E-state index contributed by atoms with van der Waals surface area (Å²) in [6.45, 7) is -1.43. The second kappa shape index (κ2) is 7.24. The first-order chi connectivity index (χ1) is 9.51. The van der Waals surface area contributed by atoms with Crippen molar-refractivity contribution < 1.29 is 34.1 Å². The first-order valence-corrected chi connectivity index (χ1v) is 5.46. The van der Waals surface area contributed by atoms with Crippen molar-refractivity contribution in [2.24, 2.45) is 5.16 Å². The number of alkyl halides is 1. The van der Waals surface area contributed by atoms with E-state index < -0.39 is 18.7 Å². The number of carboxylic acid groups (broad SMARTS) is 2. The third kappa shape index (κ3) is 3.79. The topological polar surface area (TPSA) is 120 Å². The Morgan fingerprint density at radius 2 is 2.15 bits per heavy atom. The van der Waals surface area contributed by atoms with Crippen molar-refractivity contribution in [1.29, 1.82) is 0 Å². The second-order valence-electron chi connectivity index (χ2n) is 3.77. The van der Waals surface area contributed by atoms with Gasteiger partial charge in [0.05, 0.1) is 36.3 Å². The highest BCUT2D eigenvalue weighted by Crippen LogP contribution is 2.26. The minimum absolute atomic E-state index is 0.0244. The molecule has 1 aliphatic heterocycles. The van der Waals surface area contributed by atoms with Crippen LogP contribution >= 0.6 is 0 Å². The molecule has 1 rings (SSSR count). The van der Waals surface area contributed by atoms with E-state index in [2.05, 4.69) is 5.16 Å². The van der Waals surface area contributed by atoms with E-state index in [1.165, 1.54) is 0 Å². The van der Waals surface area contributed by atoms with Crippen molar-refractivity contribution in [3.63, 3.8) is 0 Å². The van der Waals surface area contributed by atoms with Gasteiger partial charge in [-0.05, 0) is 0 Å². The highest BCUT2D eigenvalue weighted by atomic mass is 19.1. The zero-order valence-corrected chi connectivity index (χ0v) is 10.3. The van der Waals surface area contributed by atoms with E-state index in [1.807, 2.05) is 0 Å². The molecular weight excluding hydrogens is 275 g/mol. The summed E-state index contributed by atoms with van der Waals surface area (Å²) in [6.07, 6.45) is 1.74. The number of aliphatic carboxylic acids is 2. The standard InChI is InChI=1S/C11H13FN2O6/c12-6-14-4-7(10(15)16)3-8(11(17)18)9(14)5-20-2-1-13-19/h1,4,19H,2-3,5-6H2,(H,15,16)(H,17,18). The molecule has 0 amide bonds. The second-order valence-corrected chi connectivity index (χ2v) is 3.77. The van der Waals surface area contributed by atoms with Gasteiger partial charge in [-0.1, -0.05) is 5.16 Å². The molecule has 1 aliphatic rings. The number of hydrogen-bond donors (Lipinski definition) is 3. The number of rotatable bonds is 7. The minimum Gasteiger partial charge on any atom is -0.478 e. The summed E-state index contributed by atoms with van der Waals surface area (Å²) in [5.41, 5.74) is -0.444. The van der Waals surface area contributed by atoms with E-state index in [0.29, 0.717) is 0 Å². The molecule has 0 aromatic carbocycles. The lowest BCUT2D eigenvalue weighted by Crippen LogP contribution is -2.29. The largest absolute Gasteiger partial charge is 0.478 e. The fourth-order valence-electron chi connectivity index (χ4n) is 1.63. The zero-order chi connectivity index (χ0) is 15.1. The van der Waals surface area contributed by atoms with Gasteiger partial charge >= 0.3 is 11.9 Å².